The monoisotopic (exact) mass is 128 g/mol. The van der Waals surface area contributed by atoms with E-state index >= 15 is 0 Å². The summed E-state index contributed by atoms with van der Waals surface area (Å²) in [6.45, 7) is 5.74. The smallest absolute Gasteiger partial charge is 0.0164 e. The zero-order chi connectivity index (χ0) is 6.53. The maximum absolute atomic E-state index is 3.42. The van der Waals surface area contributed by atoms with Crippen LogP contribution in [0, 0.1) is 0 Å². The molecule has 0 aromatic rings. The fourth-order valence-electron chi connectivity index (χ4n) is 1.11. The predicted octanol–water partition coefficient (Wildman–Crippen LogP) is 0.348. The lowest BCUT2D eigenvalue weighted by molar-refractivity contribution is 0.452. The lowest BCUT2D eigenvalue weighted by atomic mass is 10.2. The third-order valence-corrected chi connectivity index (χ3v) is 1.72. The van der Waals surface area contributed by atoms with E-state index in [4.69, 9.17) is 0 Å². The van der Waals surface area contributed by atoms with Gasteiger partial charge >= 0.3 is 0 Å². The zero-order valence-corrected chi connectivity index (χ0v) is 6.11. The molecule has 0 amide bonds. The summed E-state index contributed by atoms with van der Waals surface area (Å²) in [5.41, 5.74) is 0. The molecule has 1 heterocycles. The number of rotatable bonds is 0. The fourth-order valence-corrected chi connectivity index (χ4v) is 1.11. The van der Waals surface area contributed by atoms with E-state index in [1.807, 2.05) is 0 Å². The average molecular weight is 128 g/mol. The molecule has 0 radical (unpaired) electrons. The summed E-state index contributed by atoms with van der Waals surface area (Å²) in [7, 11) is 0. The SMILES string of the molecule is CC1CNCCCCN1. The Morgan fingerprint density at radius 3 is 2.89 bits per heavy atom. The first kappa shape index (κ1) is 7.03. The zero-order valence-electron chi connectivity index (χ0n) is 6.11. The molecule has 1 saturated heterocycles. The highest BCUT2D eigenvalue weighted by Gasteiger charge is 2.01. The Labute approximate surface area is 57.0 Å². The largest absolute Gasteiger partial charge is 0.315 e. The number of hydrogen-bond donors (Lipinski definition) is 2. The first-order valence-corrected chi connectivity index (χ1v) is 3.83. The Balaban J connectivity index is 2.12. The van der Waals surface area contributed by atoms with Gasteiger partial charge in [0.05, 0.1) is 0 Å². The van der Waals surface area contributed by atoms with E-state index in [1.54, 1.807) is 0 Å². The van der Waals surface area contributed by atoms with Gasteiger partial charge in [-0.2, -0.15) is 0 Å². The minimum Gasteiger partial charge on any atom is -0.315 e. The van der Waals surface area contributed by atoms with Crippen molar-refractivity contribution in [3.8, 4) is 0 Å². The summed E-state index contributed by atoms with van der Waals surface area (Å²) in [6, 6.07) is 0.658. The molecule has 1 aliphatic rings. The molecule has 0 aromatic carbocycles. The average Bonchev–Trinajstić information content (AvgIpc) is 1.79. The first-order chi connectivity index (χ1) is 4.39. The number of hydrogen-bond acceptors (Lipinski definition) is 2. The van der Waals surface area contributed by atoms with Gasteiger partial charge in [-0.1, -0.05) is 0 Å². The van der Waals surface area contributed by atoms with E-state index in [2.05, 4.69) is 17.6 Å². The molecule has 1 unspecified atom stereocenters. The van der Waals surface area contributed by atoms with E-state index < -0.39 is 0 Å². The van der Waals surface area contributed by atoms with Crippen molar-refractivity contribution in [1.29, 1.82) is 0 Å². The van der Waals surface area contributed by atoms with Crippen LogP contribution in [-0.2, 0) is 0 Å². The molecule has 0 saturated carbocycles. The Hall–Kier alpha value is -0.0800. The van der Waals surface area contributed by atoms with Gasteiger partial charge in [-0.15, -0.1) is 0 Å². The molecule has 1 rings (SSSR count). The molecule has 0 aromatic heterocycles. The van der Waals surface area contributed by atoms with Crippen LogP contribution in [-0.4, -0.2) is 25.7 Å². The molecular weight excluding hydrogens is 112 g/mol. The van der Waals surface area contributed by atoms with Crippen LogP contribution < -0.4 is 10.6 Å². The lowest BCUT2D eigenvalue weighted by Gasteiger charge is -2.17. The Morgan fingerprint density at radius 2 is 2.00 bits per heavy atom. The molecule has 54 valence electrons. The maximum atomic E-state index is 3.42. The fraction of sp³-hybridized carbons (Fsp3) is 1.00. The molecule has 1 aliphatic heterocycles. The highest BCUT2D eigenvalue weighted by molar-refractivity contribution is 4.66. The maximum Gasteiger partial charge on any atom is 0.0164 e. The molecule has 9 heavy (non-hydrogen) atoms. The summed E-state index contributed by atoms with van der Waals surface area (Å²) >= 11 is 0. The van der Waals surface area contributed by atoms with E-state index in [0.29, 0.717) is 6.04 Å². The van der Waals surface area contributed by atoms with Crippen LogP contribution in [0.1, 0.15) is 19.8 Å². The van der Waals surface area contributed by atoms with Gasteiger partial charge in [-0.3, -0.25) is 0 Å². The Bertz CT molecular complexity index is 65.3. The predicted molar refractivity (Wildman–Crippen MR) is 39.6 cm³/mol. The van der Waals surface area contributed by atoms with Crippen LogP contribution in [0.15, 0.2) is 0 Å². The second kappa shape index (κ2) is 3.85. The van der Waals surface area contributed by atoms with Gasteiger partial charge in [-0.05, 0) is 32.9 Å². The minimum absolute atomic E-state index is 0.658. The van der Waals surface area contributed by atoms with Crippen LogP contribution in [0.3, 0.4) is 0 Å². The van der Waals surface area contributed by atoms with Crippen molar-refractivity contribution in [3.05, 3.63) is 0 Å². The highest BCUT2D eigenvalue weighted by Crippen LogP contribution is 1.90. The standard InChI is InChI=1S/C7H16N2/c1-7-6-8-4-2-3-5-9-7/h7-9H,2-6H2,1H3. The van der Waals surface area contributed by atoms with Crippen molar-refractivity contribution < 1.29 is 0 Å². The topological polar surface area (TPSA) is 24.1 Å². The summed E-state index contributed by atoms with van der Waals surface area (Å²) in [5, 5.41) is 6.80. The van der Waals surface area contributed by atoms with Gasteiger partial charge in [0.1, 0.15) is 0 Å². The summed E-state index contributed by atoms with van der Waals surface area (Å²) < 4.78 is 0. The summed E-state index contributed by atoms with van der Waals surface area (Å²) in [5.74, 6) is 0. The van der Waals surface area contributed by atoms with Gasteiger partial charge in [0.25, 0.3) is 0 Å². The molecule has 2 nitrogen and oxygen atoms in total. The number of nitrogens with one attached hydrogen (secondary N) is 2. The Kier molecular flexibility index (Phi) is 3.01. The molecule has 0 spiro atoms. The van der Waals surface area contributed by atoms with Gasteiger partial charge in [-0.25, -0.2) is 0 Å². The quantitative estimate of drug-likeness (QED) is 0.492. The molecule has 2 heteroatoms. The van der Waals surface area contributed by atoms with Crippen LogP contribution >= 0.6 is 0 Å². The van der Waals surface area contributed by atoms with Gasteiger partial charge in [0, 0.05) is 12.6 Å². The van der Waals surface area contributed by atoms with E-state index in [0.717, 1.165) is 6.54 Å². The molecular formula is C7H16N2. The normalized spacial score (nSPS) is 31.0. The first-order valence-electron chi connectivity index (χ1n) is 3.83. The van der Waals surface area contributed by atoms with E-state index in [-0.39, 0.29) is 0 Å². The van der Waals surface area contributed by atoms with Crippen LogP contribution in [0.4, 0.5) is 0 Å². The molecule has 2 N–H and O–H groups in total. The molecule has 0 bridgehead atoms. The van der Waals surface area contributed by atoms with Crippen molar-refractivity contribution >= 4 is 0 Å². The second-order valence-electron chi connectivity index (χ2n) is 2.77. The van der Waals surface area contributed by atoms with Gasteiger partial charge in [0.15, 0.2) is 0 Å². The van der Waals surface area contributed by atoms with Crippen molar-refractivity contribution in [2.45, 2.75) is 25.8 Å². The minimum atomic E-state index is 0.658. The molecule has 1 fully saturated rings. The van der Waals surface area contributed by atoms with Gasteiger partial charge < -0.3 is 10.6 Å². The van der Waals surface area contributed by atoms with Crippen molar-refractivity contribution in [3.63, 3.8) is 0 Å². The summed E-state index contributed by atoms with van der Waals surface area (Å²) in [6.07, 6.45) is 2.64. The van der Waals surface area contributed by atoms with E-state index in [1.165, 1.54) is 25.9 Å². The van der Waals surface area contributed by atoms with Crippen LogP contribution in [0.5, 0.6) is 0 Å². The second-order valence-corrected chi connectivity index (χ2v) is 2.77. The Morgan fingerprint density at radius 1 is 1.22 bits per heavy atom. The third kappa shape index (κ3) is 2.82. The van der Waals surface area contributed by atoms with Crippen molar-refractivity contribution in [1.82, 2.24) is 10.6 Å². The molecule has 1 atom stereocenters. The van der Waals surface area contributed by atoms with Crippen molar-refractivity contribution in [2.24, 2.45) is 0 Å². The lowest BCUT2D eigenvalue weighted by Crippen LogP contribution is -2.39. The van der Waals surface area contributed by atoms with Gasteiger partial charge in [0.2, 0.25) is 0 Å². The van der Waals surface area contributed by atoms with E-state index in [9.17, 15) is 0 Å². The molecule has 0 aliphatic carbocycles. The van der Waals surface area contributed by atoms with Crippen LogP contribution in [0.25, 0.3) is 0 Å². The third-order valence-electron chi connectivity index (χ3n) is 1.72. The van der Waals surface area contributed by atoms with Crippen LogP contribution in [0.2, 0.25) is 0 Å². The van der Waals surface area contributed by atoms with Crippen molar-refractivity contribution in [2.75, 3.05) is 19.6 Å². The summed E-state index contributed by atoms with van der Waals surface area (Å²) in [4.78, 5) is 0. The highest BCUT2D eigenvalue weighted by atomic mass is 15.0.